The second-order valence-corrected chi connectivity index (χ2v) is 7.81. The summed E-state index contributed by atoms with van der Waals surface area (Å²) >= 11 is 0. The summed E-state index contributed by atoms with van der Waals surface area (Å²) in [5.41, 5.74) is 6.50. The second kappa shape index (κ2) is 6.10. The number of benzene rings is 1. The molecule has 3 aliphatic rings. The molecular weight excluding hydrogens is 308 g/mol. The number of hydrogen-bond acceptors (Lipinski definition) is 4. The van der Waals surface area contributed by atoms with Crippen molar-refractivity contribution in [3.8, 4) is 11.3 Å². The topological polar surface area (TPSA) is 32.3 Å². The van der Waals surface area contributed by atoms with Gasteiger partial charge in [-0.3, -0.25) is 4.90 Å². The van der Waals surface area contributed by atoms with Gasteiger partial charge in [-0.1, -0.05) is 24.3 Å². The molecule has 3 heterocycles. The van der Waals surface area contributed by atoms with Crippen LogP contribution in [0.15, 0.2) is 24.3 Å². The van der Waals surface area contributed by atoms with Crippen LogP contribution < -0.4 is 4.90 Å². The molecule has 1 aliphatic carbocycles. The minimum absolute atomic E-state index is 0.575. The van der Waals surface area contributed by atoms with Crippen molar-refractivity contribution in [2.75, 3.05) is 24.5 Å². The third kappa shape index (κ3) is 2.73. The van der Waals surface area contributed by atoms with Crippen LogP contribution in [-0.4, -0.2) is 40.5 Å². The second-order valence-electron chi connectivity index (χ2n) is 7.81. The molecule has 4 nitrogen and oxygen atoms in total. The Morgan fingerprint density at radius 3 is 2.48 bits per heavy atom. The third-order valence-electron chi connectivity index (χ3n) is 6.08. The molecule has 1 atom stereocenters. The van der Waals surface area contributed by atoms with Gasteiger partial charge in [0.2, 0.25) is 5.95 Å². The summed E-state index contributed by atoms with van der Waals surface area (Å²) in [4.78, 5) is 14.8. The first-order valence-electron chi connectivity index (χ1n) is 9.76. The van der Waals surface area contributed by atoms with E-state index in [1.54, 1.807) is 0 Å². The summed E-state index contributed by atoms with van der Waals surface area (Å²) in [6.07, 6.45) is 6.04. The summed E-state index contributed by atoms with van der Waals surface area (Å²) in [5, 5.41) is 0. The first kappa shape index (κ1) is 15.3. The van der Waals surface area contributed by atoms with Crippen molar-refractivity contribution in [1.82, 2.24) is 14.9 Å². The minimum atomic E-state index is 0.575. The van der Waals surface area contributed by atoms with Crippen LogP contribution in [0.3, 0.4) is 0 Å². The Kier molecular flexibility index (Phi) is 3.74. The van der Waals surface area contributed by atoms with E-state index in [1.165, 1.54) is 60.4 Å². The van der Waals surface area contributed by atoms with E-state index in [-0.39, 0.29) is 0 Å². The molecule has 0 bridgehead atoms. The van der Waals surface area contributed by atoms with Gasteiger partial charge in [0.25, 0.3) is 0 Å². The van der Waals surface area contributed by atoms with Crippen LogP contribution in [0.4, 0.5) is 5.95 Å². The quantitative estimate of drug-likeness (QED) is 0.857. The van der Waals surface area contributed by atoms with Gasteiger partial charge in [0.1, 0.15) is 0 Å². The molecule has 0 amide bonds. The zero-order valence-electron chi connectivity index (χ0n) is 15.0. The van der Waals surface area contributed by atoms with Crippen molar-refractivity contribution >= 4 is 5.95 Å². The summed E-state index contributed by atoms with van der Waals surface area (Å²) < 4.78 is 0. The first-order valence-corrected chi connectivity index (χ1v) is 9.76. The van der Waals surface area contributed by atoms with Crippen molar-refractivity contribution < 1.29 is 0 Å². The smallest absolute Gasteiger partial charge is 0.226 e. The standard InChI is InChI=1S/C21H26N4/c1-15-10-13-25(15)21-22-19-5-2-4-18(19)20(23-21)17-8-6-16(7-9-17)14-24-11-3-12-24/h6-9,15H,2-5,10-14H2,1H3/t15-/m0/s1. The van der Waals surface area contributed by atoms with E-state index in [2.05, 4.69) is 41.0 Å². The number of nitrogens with zero attached hydrogens (tertiary/aromatic N) is 4. The molecule has 1 aromatic heterocycles. The van der Waals surface area contributed by atoms with Gasteiger partial charge in [-0.2, -0.15) is 0 Å². The van der Waals surface area contributed by atoms with Crippen molar-refractivity contribution in [3.63, 3.8) is 0 Å². The van der Waals surface area contributed by atoms with Gasteiger partial charge in [-0.15, -0.1) is 0 Å². The van der Waals surface area contributed by atoms with Gasteiger partial charge in [0.15, 0.2) is 0 Å². The molecule has 4 heteroatoms. The van der Waals surface area contributed by atoms with Gasteiger partial charge < -0.3 is 4.90 Å². The molecule has 2 saturated heterocycles. The fourth-order valence-electron chi connectivity index (χ4n) is 4.17. The predicted molar refractivity (Wildman–Crippen MR) is 101 cm³/mol. The Bertz CT molecular complexity index is 779. The fourth-order valence-corrected chi connectivity index (χ4v) is 4.17. The van der Waals surface area contributed by atoms with E-state index < -0.39 is 0 Å². The zero-order chi connectivity index (χ0) is 16.8. The van der Waals surface area contributed by atoms with Crippen LogP contribution in [0.25, 0.3) is 11.3 Å². The third-order valence-corrected chi connectivity index (χ3v) is 6.08. The highest BCUT2D eigenvalue weighted by atomic mass is 15.3. The predicted octanol–water partition coefficient (Wildman–Crippen LogP) is 3.44. The monoisotopic (exact) mass is 334 g/mol. The van der Waals surface area contributed by atoms with E-state index in [9.17, 15) is 0 Å². The van der Waals surface area contributed by atoms with Crippen LogP contribution in [-0.2, 0) is 19.4 Å². The van der Waals surface area contributed by atoms with Gasteiger partial charge >= 0.3 is 0 Å². The Balaban J connectivity index is 1.47. The maximum atomic E-state index is 5.01. The zero-order valence-corrected chi connectivity index (χ0v) is 15.0. The molecule has 1 aromatic carbocycles. The maximum Gasteiger partial charge on any atom is 0.226 e. The van der Waals surface area contributed by atoms with E-state index >= 15 is 0 Å². The molecule has 25 heavy (non-hydrogen) atoms. The Morgan fingerprint density at radius 1 is 1.00 bits per heavy atom. The van der Waals surface area contributed by atoms with Crippen LogP contribution in [0.1, 0.15) is 43.0 Å². The fraction of sp³-hybridized carbons (Fsp3) is 0.524. The Morgan fingerprint density at radius 2 is 1.84 bits per heavy atom. The lowest BCUT2D eigenvalue weighted by Gasteiger charge is -2.39. The number of anilines is 1. The van der Waals surface area contributed by atoms with Crippen LogP contribution in [0.5, 0.6) is 0 Å². The number of rotatable bonds is 4. The molecule has 0 spiro atoms. The highest BCUT2D eigenvalue weighted by Gasteiger charge is 2.29. The number of aromatic nitrogens is 2. The van der Waals surface area contributed by atoms with Gasteiger partial charge in [-0.05, 0) is 57.7 Å². The molecule has 2 aliphatic heterocycles. The average Bonchev–Trinajstić information content (AvgIpc) is 3.05. The van der Waals surface area contributed by atoms with Crippen LogP contribution in [0, 0.1) is 0 Å². The largest absolute Gasteiger partial charge is 0.338 e. The van der Waals surface area contributed by atoms with Gasteiger partial charge in [0, 0.05) is 36.0 Å². The van der Waals surface area contributed by atoms with Crippen molar-refractivity contribution in [1.29, 1.82) is 0 Å². The summed E-state index contributed by atoms with van der Waals surface area (Å²) in [7, 11) is 0. The lowest BCUT2D eigenvalue weighted by Crippen LogP contribution is -2.46. The molecule has 5 rings (SSSR count). The van der Waals surface area contributed by atoms with Crippen molar-refractivity contribution in [2.45, 2.75) is 51.6 Å². The summed E-state index contributed by atoms with van der Waals surface area (Å²) in [5.74, 6) is 0.944. The molecule has 0 saturated carbocycles. The van der Waals surface area contributed by atoms with E-state index in [4.69, 9.17) is 9.97 Å². The van der Waals surface area contributed by atoms with Gasteiger partial charge in [-0.25, -0.2) is 9.97 Å². The molecule has 0 unspecified atom stereocenters. The Hall–Kier alpha value is -1.94. The lowest BCUT2D eigenvalue weighted by atomic mass is 10.0. The van der Waals surface area contributed by atoms with Crippen LogP contribution >= 0.6 is 0 Å². The number of likely N-dealkylation sites (tertiary alicyclic amines) is 1. The van der Waals surface area contributed by atoms with Crippen LogP contribution in [0.2, 0.25) is 0 Å². The van der Waals surface area contributed by atoms with E-state index in [0.717, 1.165) is 31.9 Å². The first-order chi connectivity index (χ1) is 12.3. The number of aryl methyl sites for hydroxylation is 1. The Labute approximate surface area is 149 Å². The normalized spacial score (nSPS) is 22.4. The molecule has 0 radical (unpaired) electrons. The number of hydrogen-bond donors (Lipinski definition) is 0. The highest BCUT2D eigenvalue weighted by molar-refractivity contribution is 5.67. The van der Waals surface area contributed by atoms with Crippen molar-refractivity contribution in [3.05, 3.63) is 41.1 Å². The minimum Gasteiger partial charge on any atom is -0.338 e. The average molecular weight is 334 g/mol. The molecule has 2 aromatic rings. The number of fused-ring (bicyclic) bond motifs is 1. The molecule has 0 N–H and O–H groups in total. The maximum absolute atomic E-state index is 5.01. The SMILES string of the molecule is C[C@H]1CCN1c1nc2c(c(-c3ccc(CN4CCC4)cc3)n1)CCC2. The molecule has 130 valence electrons. The van der Waals surface area contributed by atoms with E-state index in [0.29, 0.717) is 6.04 Å². The summed E-state index contributed by atoms with van der Waals surface area (Å²) in [6.45, 7) is 6.94. The lowest BCUT2D eigenvalue weighted by molar-refractivity contribution is 0.172. The molecular formula is C21H26N4. The van der Waals surface area contributed by atoms with Crippen molar-refractivity contribution in [2.24, 2.45) is 0 Å². The molecule has 2 fully saturated rings. The summed E-state index contributed by atoms with van der Waals surface area (Å²) in [6, 6.07) is 9.66. The van der Waals surface area contributed by atoms with Gasteiger partial charge in [0.05, 0.1) is 5.69 Å². The van der Waals surface area contributed by atoms with E-state index in [1.807, 2.05) is 0 Å². The highest BCUT2D eigenvalue weighted by Crippen LogP contribution is 2.34.